The van der Waals surface area contributed by atoms with Crippen molar-refractivity contribution >= 4 is 23.4 Å². The normalized spacial score (nSPS) is 16.9. The van der Waals surface area contributed by atoms with E-state index in [4.69, 9.17) is 5.73 Å². The van der Waals surface area contributed by atoms with E-state index in [9.17, 15) is 4.79 Å². The highest BCUT2D eigenvalue weighted by Gasteiger charge is 2.16. The van der Waals surface area contributed by atoms with Gasteiger partial charge < -0.3 is 11.1 Å². The number of hydrogen-bond donors (Lipinski definition) is 2. The average Bonchev–Trinajstić information content (AvgIpc) is 2.94. The van der Waals surface area contributed by atoms with E-state index in [2.05, 4.69) is 24.4 Å². The summed E-state index contributed by atoms with van der Waals surface area (Å²) in [5, 5.41) is 3.70. The van der Waals surface area contributed by atoms with Crippen LogP contribution in [0, 0.1) is 0 Å². The van der Waals surface area contributed by atoms with Gasteiger partial charge in [-0.15, -0.1) is 11.8 Å². The van der Waals surface area contributed by atoms with Crippen molar-refractivity contribution in [2.75, 3.05) is 5.32 Å². The first-order chi connectivity index (χ1) is 10.2. The van der Waals surface area contributed by atoms with Crippen LogP contribution in [-0.2, 0) is 4.79 Å². The Bertz CT molecular complexity index is 441. The molecular formula is C17H26N2OS. The van der Waals surface area contributed by atoms with E-state index >= 15 is 0 Å². The number of nitrogens with two attached hydrogens (primary N) is 1. The Balaban J connectivity index is 1.79. The quantitative estimate of drug-likeness (QED) is 0.794. The van der Waals surface area contributed by atoms with Crippen LogP contribution in [0.4, 0.5) is 5.69 Å². The molecule has 0 heterocycles. The van der Waals surface area contributed by atoms with Crippen molar-refractivity contribution in [1.82, 2.24) is 0 Å². The maximum atomic E-state index is 11.9. The Labute approximate surface area is 132 Å². The van der Waals surface area contributed by atoms with E-state index < -0.39 is 0 Å². The maximum absolute atomic E-state index is 11.9. The molecule has 3 nitrogen and oxygen atoms in total. The molecule has 116 valence electrons. The lowest BCUT2D eigenvalue weighted by molar-refractivity contribution is -0.116. The molecule has 0 spiro atoms. The highest BCUT2D eigenvalue weighted by molar-refractivity contribution is 8.00. The first-order valence-electron chi connectivity index (χ1n) is 7.99. The molecule has 2 rings (SSSR count). The summed E-state index contributed by atoms with van der Waals surface area (Å²) in [6.45, 7) is 2.08. The number of hydrogen-bond acceptors (Lipinski definition) is 3. The number of amides is 1. The Morgan fingerprint density at radius 3 is 2.62 bits per heavy atom. The summed E-state index contributed by atoms with van der Waals surface area (Å²) < 4.78 is 0. The third-order valence-corrected chi connectivity index (χ3v) is 5.20. The zero-order chi connectivity index (χ0) is 15.1. The van der Waals surface area contributed by atoms with Crippen LogP contribution in [0.5, 0.6) is 0 Å². The molecule has 1 saturated carbocycles. The second-order valence-corrected chi connectivity index (χ2v) is 7.22. The van der Waals surface area contributed by atoms with Crippen LogP contribution in [0.15, 0.2) is 29.2 Å². The standard InChI is InChI=1S/C17H26N2OS/c1-2-5-13(18)12-17(20)19-14-8-10-16(11-9-14)21-15-6-3-4-7-15/h8-11,13,15H,2-7,12,18H2,1H3,(H,19,20). The molecule has 3 N–H and O–H groups in total. The summed E-state index contributed by atoms with van der Waals surface area (Å²) in [7, 11) is 0. The molecular weight excluding hydrogens is 280 g/mol. The zero-order valence-corrected chi connectivity index (χ0v) is 13.6. The smallest absolute Gasteiger partial charge is 0.225 e. The molecule has 0 aromatic heterocycles. The van der Waals surface area contributed by atoms with Crippen LogP contribution >= 0.6 is 11.8 Å². The van der Waals surface area contributed by atoms with E-state index in [-0.39, 0.29) is 11.9 Å². The second-order valence-electron chi connectivity index (χ2n) is 5.85. The van der Waals surface area contributed by atoms with Gasteiger partial charge in [0.15, 0.2) is 0 Å². The average molecular weight is 306 g/mol. The number of rotatable bonds is 7. The van der Waals surface area contributed by atoms with Crippen LogP contribution in [0.1, 0.15) is 51.9 Å². The Kier molecular flexibility index (Phi) is 6.58. The lowest BCUT2D eigenvalue weighted by atomic mass is 10.1. The fourth-order valence-electron chi connectivity index (χ4n) is 2.74. The number of nitrogens with one attached hydrogen (secondary N) is 1. The lowest BCUT2D eigenvalue weighted by Gasteiger charge is -2.12. The van der Waals surface area contributed by atoms with Crippen LogP contribution < -0.4 is 11.1 Å². The van der Waals surface area contributed by atoms with E-state index in [0.29, 0.717) is 6.42 Å². The Morgan fingerprint density at radius 2 is 2.00 bits per heavy atom. The molecule has 0 saturated heterocycles. The van der Waals surface area contributed by atoms with Crippen molar-refractivity contribution in [1.29, 1.82) is 0 Å². The molecule has 4 heteroatoms. The van der Waals surface area contributed by atoms with Crippen LogP contribution in [-0.4, -0.2) is 17.2 Å². The van der Waals surface area contributed by atoms with Gasteiger partial charge in [0, 0.05) is 28.3 Å². The summed E-state index contributed by atoms with van der Waals surface area (Å²) >= 11 is 1.96. The first kappa shape index (κ1) is 16.4. The van der Waals surface area contributed by atoms with Gasteiger partial charge in [0.05, 0.1) is 0 Å². The fourth-order valence-corrected chi connectivity index (χ4v) is 3.99. The molecule has 1 aliphatic carbocycles. The fraction of sp³-hybridized carbons (Fsp3) is 0.588. The van der Waals surface area contributed by atoms with Crippen molar-refractivity contribution in [2.45, 2.75) is 68.1 Å². The third-order valence-electron chi connectivity index (χ3n) is 3.85. The first-order valence-corrected chi connectivity index (χ1v) is 8.87. The van der Waals surface area contributed by atoms with Crippen LogP contribution in [0.25, 0.3) is 0 Å². The van der Waals surface area contributed by atoms with Gasteiger partial charge in [-0.3, -0.25) is 4.79 Å². The SMILES string of the molecule is CCCC(N)CC(=O)Nc1ccc(SC2CCCC2)cc1. The number of carbonyl (C=O) groups excluding carboxylic acids is 1. The third kappa shape index (κ3) is 5.71. The van der Waals surface area contributed by atoms with Crippen molar-refractivity contribution in [3.05, 3.63) is 24.3 Å². The van der Waals surface area contributed by atoms with E-state index in [1.54, 1.807) is 0 Å². The lowest BCUT2D eigenvalue weighted by Crippen LogP contribution is -2.26. The van der Waals surface area contributed by atoms with Crippen molar-refractivity contribution < 1.29 is 4.79 Å². The highest BCUT2D eigenvalue weighted by Crippen LogP contribution is 2.34. The Hall–Kier alpha value is -1.00. The van der Waals surface area contributed by atoms with Gasteiger partial charge in [0.25, 0.3) is 0 Å². The van der Waals surface area contributed by atoms with Crippen LogP contribution in [0.2, 0.25) is 0 Å². The number of anilines is 1. The topological polar surface area (TPSA) is 55.1 Å². The maximum Gasteiger partial charge on any atom is 0.225 e. The minimum Gasteiger partial charge on any atom is -0.327 e. The molecule has 1 fully saturated rings. The van der Waals surface area contributed by atoms with E-state index in [1.165, 1.54) is 30.6 Å². The molecule has 21 heavy (non-hydrogen) atoms. The minimum atomic E-state index is -0.0350. The number of benzene rings is 1. The molecule has 1 aromatic rings. The molecule has 1 atom stereocenters. The molecule has 0 bridgehead atoms. The molecule has 1 aliphatic rings. The van der Waals surface area contributed by atoms with E-state index in [1.807, 2.05) is 23.9 Å². The second kappa shape index (κ2) is 8.44. The zero-order valence-electron chi connectivity index (χ0n) is 12.8. The van der Waals surface area contributed by atoms with Crippen molar-refractivity contribution in [2.24, 2.45) is 5.73 Å². The van der Waals surface area contributed by atoms with Gasteiger partial charge in [0.1, 0.15) is 0 Å². The van der Waals surface area contributed by atoms with Gasteiger partial charge in [-0.05, 0) is 43.5 Å². The molecule has 0 radical (unpaired) electrons. The predicted molar refractivity (Wildman–Crippen MR) is 90.7 cm³/mol. The highest BCUT2D eigenvalue weighted by atomic mass is 32.2. The van der Waals surface area contributed by atoms with Gasteiger partial charge in [-0.2, -0.15) is 0 Å². The monoisotopic (exact) mass is 306 g/mol. The molecule has 1 unspecified atom stereocenters. The molecule has 1 amide bonds. The number of thioether (sulfide) groups is 1. The molecule has 0 aliphatic heterocycles. The summed E-state index contributed by atoms with van der Waals surface area (Å²) in [4.78, 5) is 13.2. The summed E-state index contributed by atoms with van der Waals surface area (Å²) in [5.41, 5.74) is 6.75. The van der Waals surface area contributed by atoms with Gasteiger partial charge >= 0.3 is 0 Å². The van der Waals surface area contributed by atoms with Gasteiger partial charge in [0.2, 0.25) is 5.91 Å². The molecule has 1 aromatic carbocycles. The summed E-state index contributed by atoms with van der Waals surface area (Å²) in [5.74, 6) is 0.00662. The van der Waals surface area contributed by atoms with Crippen molar-refractivity contribution in [3.8, 4) is 0 Å². The summed E-state index contributed by atoms with van der Waals surface area (Å²) in [6.07, 6.45) is 7.70. The minimum absolute atomic E-state index is 0.00662. The van der Waals surface area contributed by atoms with Gasteiger partial charge in [-0.1, -0.05) is 26.2 Å². The predicted octanol–water partition coefficient (Wildman–Crippen LogP) is 4.18. The van der Waals surface area contributed by atoms with Gasteiger partial charge in [-0.25, -0.2) is 0 Å². The Morgan fingerprint density at radius 1 is 1.33 bits per heavy atom. The number of carbonyl (C=O) groups is 1. The largest absolute Gasteiger partial charge is 0.327 e. The van der Waals surface area contributed by atoms with Crippen molar-refractivity contribution in [3.63, 3.8) is 0 Å². The van der Waals surface area contributed by atoms with Crippen LogP contribution in [0.3, 0.4) is 0 Å². The summed E-state index contributed by atoms with van der Waals surface area (Å²) in [6, 6.07) is 8.14. The van der Waals surface area contributed by atoms with E-state index in [0.717, 1.165) is 23.8 Å².